The first-order valence-corrected chi connectivity index (χ1v) is 13.5. The zero-order chi connectivity index (χ0) is 27.4. The average Bonchev–Trinajstić information content (AvgIpc) is 3.17. The lowest BCUT2D eigenvalue weighted by Gasteiger charge is -2.12. The molecule has 0 aliphatic carbocycles. The van der Waals surface area contributed by atoms with Gasteiger partial charge in [-0.2, -0.15) is 0 Å². The van der Waals surface area contributed by atoms with Gasteiger partial charge in [-0.15, -0.1) is 0 Å². The number of aromatic carboxylic acids is 1. The van der Waals surface area contributed by atoms with Crippen LogP contribution in [0.4, 0.5) is 11.4 Å². The molecule has 0 radical (unpaired) electrons. The molecule has 1 fully saturated rings. The summed E-state index contributed by atoms with van der Waals surface area (Å²) in [4.78, 5) is 41.1. The Morgan fingerprint density at radius 1 is 1.13 bits per heavy atom. The molecule has 3 aromatic carbocycles. The third kappa shape index (κ3) is 6.32. The number of likely N-dealkylation sites (N-methyl/N-ethyl adjacent to an activating group) is 1. The minimum absolute atomic E-state index is 0.0127. The minimum Gasteiger partial charge on any atom is -0.487 e. The van der Waals surface area contributed by atoms with Crippen LogP contribution in [0.1, 0.15) is 28.4 Å². The van der Waals surface area contributed by atoms with Crippen molar-refractivity contribution in [1.29, 1.82) is 0 Å². The maximum atomic E-state index is 13.0. The van der Waals surface area contributed by atoms with Crippen LogP contribution in [0, 0.1) is 10.1 Å². The molecule has 0 bridgehead atoms. The number of benzene rings is 3. The van der Waals surface area contributed by atoms with Crippen molar-refractivity contribution >= 4 is 78.1 Å². The summed E-state index contributed by atoms with van der Waals surface area (Å²) in [7, 11) is 0. The van der Waals surface area contributed by atoms with Crippen LogP contribution in [0.25, 0.3) is 6.08 Å². The molecule has 0 unspecified atom stereocenters. The molecule has 0 atom stereocenters. The van der Waals surface area contributed by atoms with Crippen molar-refractivity contribution in [2.45, 2.75) is 13.5 Å². The Hall–Kier alpha value is -3.48. The van der Waals surface area contributed by atoms with Crippen molar-refractivity contribution in [3.8, 4) is 5.75 Å². The average molecular weight is 661 g/mol. The van der Waals surface area contributed by atoms with Gasteiger partial charge in [0.2, 0.25) is 0 Å². The van der Waals surface area contributed by atoms with Crippen molar-refractivity contribution in [3.05, 3.63) is 101 Å². The number of ether oxygens (including phenoxy) is 1. The van der Waals surface area contributed by atoms with Crippen LogP contribution >= 0.6 is 43.6 Å². The molecule has 0 spiro atoms. The molecule has 0 aromatic heterocycles. The Morgan fingerprint density at radius 2 is 1.76 bits per heavy atom. The number of nitrogens with zero attached hydrogens (tertiary/aromatic N) is 3. The molecule has 0 saturated carbocycles. The second-order valence-corrected chi connectivity index (χ2v) is 10.7. The Balaban J connectivity index is 1.52. The number of halogens is 2. The van der Waals surface area contributed by atoms with E-state index in [-0.39, 0.29) is 23.8 Å². The van der Waals surface area contributed by atoms with Crippen molar-refractivity contribution in [1.82, 2.24) is 4.90 Å². The zero-order valence-electron chi connectivity index (χ0n) is 19.8. The number of hydrogen-bond acceptors (Lipinski definition) is 7. The zero-order valence-corrected chi connectivity index (χ0v) is 23.7. The van der Waals surface area contributed by atoms with E-state index in [2.05, 4.69) is 36.9 Å². The molecule has 1 aliphatic rings. The number of thioether (sulfide) groups is 1. The summed E-state index contributed by atoms with van der Waals surface area (Å²) in [6, 6.07) is 15.9. The van der Waals surface area contributed by atoms with Crippen molar-refractivity contribution < 1.29 is 24.4 Å². The van der Waals surface area contributed by atoms with Crippen LogP contribution in [-0.4, -0.2) is 38.5 Å². The Bertz CT molecular complexity index is 1450. The van der Waals surface area contributed by atoms with Crippen molar-refractivity contribution in [2.24, 2.45) is 4.99 Å². The van der Waals surface area contributed by atoms with Gasteiger partial charge in [0.1, 0.15) is 12.4 Å². The lowest BCUT2D eigenvalue weighted by atomic mass is 10.2. The molecule has 1 saturated heterocycles. The second kappa shape index (κ2) is 11.9. The van der Waals surface area contributed by atoms with Crippen molar-refractivity contribution in [2.75, 3.05) is 6.54 Å². The number of carbonyl (C=O) groups excluding carboxylic acids is 1. The van der Waals surface area contributed by atoms with Crippen LogP contribution in [0.3, 0.4) is 0 Å². The summed E-state index contributed by atoms with van der Waals surface area (Å²) in [5, 5.41) is 20.4. The summed E-state index contributed by atoms with van der Waals surface area (Å²) in [6.07, 6.45) is 1.77. The Labute approximate surface area is 238 Å². The van der Waals surface area contributed by atoms with E-state index in [9.17, 15) is 19.7 Å². The highest BCUT2D eigenvalue weighted by atomic mass is 79.9. The molecule has 3 aromatic rings. The van der Waals surface area contributed by atoms with Crippen LogP contribution in [0.5, 0.6) is 5.75 Å². The third-order valence-corrected chi connectivity index (χ3v) is 7.58. The fourth-order valence-electron chi connectivity index (χ4n) is 3.48. The quantitative estimate of drug-likeness (QED) is 0.156. The van der Waals surface area contributed by atoms with E-state index in [4.69, 9.17) is 9.84 Å². The van der Waals surface area contributed by atoms with Crippen LogP contribution in [0.15, 0.2) is 79.5 Å². The van der Waals surface area contributed by atoms with E-state index in [1.54, 1.807) is 35.2 Å². The van der Waals surface area contributed by atoms with Gasteiger partial charge in [-0.25, -0.2) is 9.79 Å². The summed E-state index contributed by atoms with van der Waals surface area (Å²) in [6.45, 7) is 2.50. The Morgan fingerprint density at radius 3 is 2.32 bits per heavy atom. The smallest absolute Gasteiger partial charge is 0.335 e. The number of amides is 1. The number of non-ortho nitro benzene ring substituents is 1. The van der Waals surface area contributed by atoms with Gasteiger partial charge in [0.05, 0.1) is 30.0 Å². The first-order valence-electron chi connectivity index (χ1n) is 11.1. The van der Waals surface area contributed by atoms with E-state index in [1.165, 1.54) is 36.0 Å². The fourth-order valence-corrected chi connectivity index (χ4v) is 5.99. The van der Waals surface area contributed by atoms with E-state index in [0.29, 0.717) is 37.0 Å². The Kier molecular flexibility index (Phi) is 8.65. The van der Waals surface area contributed by atoms with E-state index < -0.39 is 10.9 Å². The number of aliphatic imine (C=N–C) groups is 1. The van der Waals surface area contributed by atoms with Gasteiger partial charge in [0.25, 0.3) is 11.6 Å². The lowest BCUT2D eigenvalue weighted by Crippen LogP contribution is -2.28. The topological polar surface area (TPSA) is 122 Å². The molecule has 1 heterocycles. The van der Waals surface area contributed by atoms with E-state index in [1.807, 2.05) is 19.1 Å². The lowest BCUT2D eigenvalue weighted by molar-refractivity contribution is -0.384. The first-order chi connectivity index (χ1) is 18.2. The summed E-state index contributed by atoms with van der Waals surface area (Å²) in [5.74, 6) is -0.641. The van der Waals surface area contributed by atoms with Gasteiger partial charge in [-0.05, 0) is 116 Å². The maximum Gasteiger partial charge on any atom is 0.335 e. The predicted molar refractivity (Wildman–Crippen MR) is 153 cm³/mol. The molecule has 1 amide bonds. The number of nitro benzene ring substituents is 1. The van der Waals surface area contributed by atoms with Gasteiger partial charge in [0, 0.05) is 18.7 Å². The van der Waals surface area contributed by atoms with Crippen LogP contribution < -0.4 is 4.74 Å². The summed E-state index contributed by atoms with van der Waals surface area (Å²) in [5.41, 5.74) is 2.25. The number of carboxylic acid groups (broad SMARTS) is 1. The molecule has 12 heteroatoms. The highest BCUT2D eigenvalue weighted by Crippen LogP contribution is 2.38. The largest absolute Gasteiger partial charge is 0.487 e. The van der Waals surface area contributed by atoms with Gasteiger partial charge in [-0.1, -0.05) is 0 Å². The second-order valence-electron chi connectivity index (χ2n) is 7.93. The standard InChI is InChI=1S/C26H19Br2N3O6S/c1-2-30-24(32)22(38-26(30)29-18-7-5-17(6-8-18)25(33)34)13-16-11-20(27)23(21(28)12-16)37-14-15-3-9-19(10-4-15)31(35)36/h3-13H,2,14H2,1H3,(H,33,34)/b22-13-,29-26?. The molecule has 4 rings (SSSR count). The highest BCUT2D eigenvalue weighted by molar-refractivity contribution is 9.11. The fraction of sp³-hybridized carbons (Fsp3) is 0.115. The van der Waals surface area contributed by atoms with E-state index >= 15 is 0 Å². The van der Waals surface area contributed by atoms with Gasteiger partial charge in [0.15, 0.2) is 5.17 Å². The van der Waals surface area contributed by atoms with Gasteiger partial charge >= 0.3 is 5.97 Å². The molecular weight excluding hydrogens is 642 g/mol. The van der Waals surface area contributed by atoms with Crippen LogP contribution in [0.2, 0.25) is 0 Å². The molecule has 9 nitrogen and oxygen atoms in total. The highest BCUT2D eigenvalue weighted by Gasteiger charge is 2.32. The maximum absolute atomic E-state index is 13.0. The summed E-state index contributed by atoms with van der Waals surface area (Å²) < 4.78 is 7.25. The van der Waals surface area contributed by atoms with Gasteiger partial charge < -0.3 is 9.84 Å². The number of rotatable bonds is 8. The predicted octanol–water partition coefficient (Wildman–Crippen LogP) is 7.02. The number of carbonyl (C=O) groups is 2. The molecule has 38 heavy (non-hydrogen) atoms. The molecule has 194 valence electrons. The van der Waals surface area contributed by atoms with Gasteiger partial charge in [-0.3, -0.25) is 19.8 Å². The monoisotopic (exact) mass is 659 g/mol. The number of nitro groups is 1. The SMILES string of the molecule is CCN1C(=O)/C(=C/c2cc(Br)c(OCc3ccc([N+](=O)[O-])cc3)c(Br)c2)SC1=Nc1ccc(C(=O)O)cc1. The molecular formula is C26H19Br2N3O6S. The first kappa shape index (κ1) is 27.6. The number of hydrogen-bond donors (Lipinski definition) is 1. The number of amidine groups is 1. The van der Waals surface area contributed by atoms with E-state index in [0.717, 1.165) is 11.1 Å². The van der Waals surface area contributed by atoms with Crippen LogP contribution in [-0.2, 0) is 11.4 Å². The molecule has 1 aliphatic heterocycles. The third-order valence-electron chi connectivity index (χ3n) is 5.39. The number of carboxylic acids is 1. The normalized spacial score (nSPS) is 15.3. The summed E-state index contributed by atoms with van der Waals surface area (Å²) >= 11 is 8.29. The minimum atomic E-state index is -1.02. The van der Waals surface area contributed by atoms with Crippen molar-refractivity contribution in [3.63, 3.8) is 0 Å². The molecule has 1 N–H and O–H groups in total.